The van der Waals surface area contributed by atoms with Crippen molar-refractivity contribution in [2.24, 2.45) is 5.92 Å². The van der Waals surface area contributed by atoms with Gasteiger partial charge in [-0.3, -0.25) is 14.3 Å². The number of aliphatic hydroxyl groups excluding tert-OH is 2. The molecule has 130 valence electrons. The Labute approximate surface area is 136 Å². The lowest BCUT2D eigenvalue weighted by atomic mass is 10.2. The normalized spacial score (nSPS) is 24.0. The Hall–Kier alpha value is -2.30. The Balaban J connectivity index is 1.99. The molecule has 1 saturated heterocycles. The van der Waals surface area contributed by atoms with E-state index in [0.29, 0.717) is 5.52 Å². The molecule has 0 radical (unpaired) electrons. The van der Waals surface area contributed by atoms with Crippen molar-refractivity contribution in [2.75, 3.05) is 11.9 Å². The summed E-state index contributed by atoms with van der Waals surface area (Å²) in [5, 5.41) is 21.6. The van der Waals surface area contributed by atoms with E-state index in [0.717, 1.165) is 0 Å². The third kappa shape index (κ3) is 2.90. The number of fused-ring (bicyclic) bond motifs is 1. The molecule has 0 saturated carbocycles. The number of anilines is 1. The molecule has 1 amide bonds. The minimum Gasteiger partial charge on any atom is -0.394 e. The van der Waals surface area contributed by atoms with Gasteiger partial charge in [0.15, 0.2) is 5.65 Å². The summed E-state index contributed by atoms with van der Waals surface area (Å²) in [6, 6.07) is 0. The van der Waals surface area contributed by atoms with Crippen LogP contribution in [-0.4, -0.2) is 54.5 Å². The number of hydrogen-bond donors (Lipinski definition) is 4. The van der Waals surface area contributed by atoms with Gasteiger partial charge in [-0.05, 0) is 0 Å². The quantitative estimate of drug-likeness (QED) is 0.581. The number of aromatic nitrogens is 4. The van der Waals surface area contributed by atoms with Gasteiger partial charge in [0.2, 0.25) is 5.91 Å². The van der Waals surface area contributed by atoms with E-state index in [1.165, 1.54) is 10.9 Å². The summed E-state index contributed by atoms with van der Waals surface area (Å²) in [7, 11) is 0. The molecule has 4 N–H and O–H groups in total. The molecule has 1 fully saturated rings. The predicted octanol–water partition coefficient (Wildman–Crippen LogP) is -0.645. The van der Waals surface area contributed by atoms with Gasteiger partial charge in [-0.2, -0.15) is 4.98 Å². The summed E-state index contributed by atoms with van der Waals surface area (Å²) in [4.78, 5) is 34.2. The zero-order valence-electron chi connectivity index (χ0n) is 13.3. The highest BCUT2D eigenvalue weighted by molar-refractivity contribution is 5.97. The first-order valence-electron chi connectivity index (χ1n) is 7.62. The molecular formula is C14H19N5O5. The van der Waals surface area contributed by atoms with Gasteiger partial charge in [0.05, 0.1) is 19.0 Å². The molecule has 1 aliphatic rings. The number of aliphatic hydroxyl groups is 2. The molecule has 10 nitrogen and oxygen atoms in total. The van der Waals surface area contributed by atoms with Gasteiger partial charge in [-0.25, -0.2) is 9.78 Å². The fraction of sp³-hybridized carbons (Fsp3) is 0.571. The molecule has 0 aromatic carbocycles. The number of nitrogens with zero attached hydrogens (tertiary/aromatic N) is 3. The van der Waals surface area contributed by atoms with Gasteiger partial charge < -0.3 is 20.3 Å². The lowest BCUT2D eigenvalue weighted by molar-refractivity contribution is -0.118. The monoisotopic (exact) mass is 337 g/mol. The van der Waals surface area contributed by atoms with E-state index < -0.39 is 24.1 Å². The topological polar surface area (TPSA) is 142 Å². The van der Waals surface area contributed by atoms with Crippen molar-refractivity contribution in [3.8, 4) is 0 Å². The van der Waals surface area contributed by atoms with E-state index in [9.17, 15) is 19.8 Å². The maximum absolute atomic E-state index is 11.9. The average Bonchev–Trinajstić information content (AvgIpc) is 3.10. The Morgan fingerprint density at radius 1 is 1.58 bits per heavy atom. The highest BCUT2D eigenvalue weighted by Crippen LogP contribution is 2.31. The Morgan fingerprint density at radius 3 is 2.96 bits per heavy atom. The number of nitrogens with one attached hydrogen (secondary N) is 2. The van der Waals surface area contributed by atoms with E-state index in [1.807, 2.05) is 0 Å². The molecule has 0 unspecified atom stereocenters. The number of amides is 1. The van der Waals surface area contributed by atoms with Crippen LogP contribution in [0.2, 0.25) is 0 Å². The summed E-state index contributed by atoms with van der Waals surface area (Å²) >= 11 is 0. The standard InChI is InChI=1S/C14H19N5O5/c1-6(2)13(22)16-11-10-12(18-14(23)17-11)19(5-15-10)9-3-7(21)8(4-20)24-9/h5-9,20-21H,3-4H2,1-2H3,(H2,16,17,18,22,23)/t7-,8+,9+/m0/s1. The first-order chi connectivity index (χ1) is 11.4. The van der Waals surface area contributed by atoms with Crippen LogP contribution in [0.3, 0.4) is 0 Å². The van der Waals surface area contributed by atoms with E-state index in [4.69, 9.17) is 4.74 Å². The minimum absolute atomic E-state index is 0.166. The van der Waals surface area contributed by atoms with Crippen LogP contribution >= 0.6 is 0 Å². The summed E-state index contributed by atoms with van der Waals surface area (Å²) in [5.74, 6) is -0.363. The number of hydrogen-bond acceptors (Lipinski definition) is 7. The molecule has 1 aliphatic heterocycles. The summed E-state index contributed by atoms with van der Waals surface area (Å²) in [6.45, 7) is 3.15. The first kappa shape index (κ1) is 16.6. The molecule has 0 spiro atoms. The van der Waals surface area contributed by atoms with E-state index >= 15 is 0 Å². The fourth-order valence-corrected chi connectivity index (χ4v) is 2.55. The van der Waals surface area contributed by atoms with Crippen molar-refractivity contribution in [2.45, 2.75) is 38.7 Å². The molecule has 3 heterocycles. The van der Waals surface area contributed by atoms with E-state index in [1.54, 1.807) is 13.8 Å². The Bertz CT molecular complexity index is 813. The van der Waals surface area contributed by atoms with Gasteiger partial charge >= 0.3 is 5.69 Å². The molecule has 24 heavy (non-hydrogen) atoms. The Morgan fingerprint density at radius 2 is 2.33 bits per heavy atom. The van der Waals surface area contributed by atoms with Gasteiger partial charge in [0, 0.05) is 12.3 Å². The lowest BCUT2D eigenvalue weighted by Crippen LogP contribution is -2.24. The maximum Gasteiger partial charge on any atom is 0.348 e. The minimum atomic E-state index is -0.820. The molecule has 3 rings (SSSR count). The SMILES string of the molecule is CC(C)C(=O)Nc1[nH]c(=O)nc2c1ncn2[C@H]1C[C@H](O)[C@@H](CO)O1. The van der Waals surface area contributed by atoms with Crippen molar-refractivity contribution >= 4 is 22.9 Å². The molecule has 0 aliphatic carbocycles. The molecule has 2 aromatic rings. The van der Waals surface area contributed by atoms with Gasteiger partial charge in [0.25, 0.3) is 0 Å². The van der Waals surface area contributed by atoms with Crippen molar-refractivity contribution in [1.82, 2.24) is 19.5 Å². The number of imidazole rings is 1. The second-order valence-corrected chi connectivity index (χ2v) is 6.00. The van der Waals surface area contributed by atoms with Crippen molar-refractivity contribution in [3.63, 3.8) is 0 Å². The predicted molar refractivity (Wildman–Crippen MR) is 83.2 cm³/mol. The number of ether oxygens (including phenoxy) is 1. The summed E-state index contributed by atoms with van der Waals surface area (Å²) < 4.78 is 7.07. The molecular weight excluding hydrogens is 318 g/mol. The van der Waals surface area contributed by atoms with Gasteiger partial charge in [0.1, 0.15) is 23.7 Å². The second kappa shape index (κ2) is 6.30. The van der Waals surface area contributed by atoms with Gasteiger partial charge in [-0.1, -0.05) is 13.8 Å². The third-order valence-corrected chi connectivity index (χ3v) is 3.91. The number of H-pyrrole nitrogens is 1. The van der Waals surface area contributed by atoms with Gasteiger partial charge in [-0.15, -0.1) is 0 Å². The smallest absolute Gasteiger partial charge is 0.348 e. The largest absolute Gasteiger partial charge is 0.394 e. The average molecular weight is 337 g/mol. The van der Waals surface area contributed by atoms with Crippen LogP contribution in [0.4, 0.5) is 5.82 Å². The highest BCUT2D eigenvalue weighted by atomic mass is 16.5. The molecule has 2 aromatic heterocycles. The first-order valence-corrected chi connectivity index (χ1v) is 7.62. The number of carbonyl (C=O) groups is 1. The van der Waals surface area contributed by atoms with E-state index in [2.05, 4.69) is 20.3 Å². The molecule has 0 bridgehead atoms. The highest BCUT2D eigenvalue weighted by Gasteiger charge is 2.35. The summed E-state index contributed by atoms with van der Waals surface area (Å²) in [5.41, 5.74) is -0.0942. The zero-order valence-corrected chi connectivity index (χ0v) is 13.3. The van der Waals surface area contributed by atoms with Crippen molar-refractivity contribution < 1.29 is 19.7 Å². The third-order valence-electron chi connectivity index (χ3n) is 3.91. The molecule has 3 atom stereocenters. The fourth-order valence-electron chi connectivity index (χ4n) is 2.55. The zero-order chi connectivity index (χ0) is 17.4. The number of carbonyl (C=O) groups excluding carboxylic acids is 1. The number of rotatable bonds is 4. The number of aromatic amines is 1. The lowest BCUT2D eigenvalue weighted by Gasteiger charge is -2.13. The van der Waals surface area contributed by atoms with Crippen LogP contribution in [0.5, 0.6) is 0 Å². The van der Waals surface area contributed by atoms with Crippen LogP contribution in [0.1, 0.15) is 26.5 Å². The summed E-state index contributed by atoms with van der Waals surface area (Å²) in [6.07, 6.45) is -0.467. The van der Waals surface area contributed by atoms with Crippen LogP contribution in [-0.2, 0) is 9.53 Å². The van der Waals surface area contributed by atoms with Crippen LogP contribution in [0.25, 0.3) is 11.2 Å². The van der Waals surface area contributed by atoms with Crippen molar-refractivity contribution in [1.29, 1.82) is 0 Å². The van der Waals surface area contributed by atoms with Crippen molar-refractivity contribution in [3.05, 3.63) is 16.8 Å². The Kier molecular flexibility index (Phi) is 4.35. The van der Waals surface area contributed by atoms with E-state index in [-0.39, 0.29) is 36.3 Å². The van der Waals surface area contributed by atoms with Crippen LogP contribution in [0.15, 0.2) is 11.1 Å². The van der Waals surface area contributed by atoms with Crippen LogP contribution in [0, 0.1) is 5.92 Å². The second-order valence-electron chi connectivity index (χ2n) is 6.00. The molecule has 10 heteroatoms. The van der Waals surface area contributed by atoms with Crippen LogP contribution < -0.4 is 11.0 Å². The maximum atomic E-state index is 11.9.